The van der Waals surface area contributed by atoms with Gasteiger partial charge in [0.15, 0.2) is 0 Å². The summed E-state index contributed by atoms with van der Waals surface area (Å²) in [7, 11) is 1.57. The highest BCUT2D eigenvalue weighted by Gasteiger charge is 2.12. The van der Waals surface area contributed by atoms with Gasteiger partial charge in [0, 0.05) is 5.56 Å². The summed E-state index contributed by atoms with van der Waals surface area (Å²) in [5.41, 5.74) is 0.765. The zero-order valence-electron chi connectivity index (χ0n) is 9.96. The molecule has 0 spiro atoms. The van der Waals surface area contributed by atoms with Gasteiger partial charge in [-0.3, -0.25) is 0 Å². The van der Waals surface area contributed by atoms with Crippen molar-refractivity contribution in [1.29, 1.82) is 0 Å². The number of thiophene rings is 1. The van der Waals surface area contributed by atoms with Gasteiger partial charge in [0.1, 0.15) is 5.75 Å². The molecule has 0 saturated carbocycles. The van der Waals surface area contributed by atoms with E-state index in [1.54, 1.807) is 30.6 Å². The minimum Gasteiger partial charge on any atom is -0.495 e. The molecule has 0 bridgehead atoms. The lowest BCUT2D eigenvalue weighted by molar-refractivity contribution is 0.414. The van der Waals surface area contributed by atoms with Crippen molar-refractivity contribution in [1.82, 2.24) is 10.1 Å². The van der Waals surface area contributed by atoms with Crippen LogP contribution in [-0.2, 0) is 0 Å². The second-order valence-electron chi connectivity index (χ2n) is 3.75. The molecule has 0 aliphatic carbocycles. The lowest BCUT2D eigenvalue weighted by Gasteiger charge is -2.02. The van der Waals surface area contributed by atoms with Crippen LogP contribution < -0.4 is 4.74 Å². The Morgan fingerprint density at radius 3 is 2.89 bits per heavy atom. The number of hydrogen-bond acceptors (Lipinski definition) is 5. The van der Waals surface area contributed by atoms with E-state index < -0.39 is 0 Å². The molecule has 0 saturated heterocycles. The summed E-state index contributed by atoms with van der Waals surface area (Å²) in [6, 6.07) is 9.23. The van der Waals surface area contributed by atoms with Crippen molar-refractivity contribution in [3.05, 3.63) is 40.7 Å². The highest BCUT2D eigenvalue weighted by atomic mass is 35.5. The van der Waals surface area contributed by atoms with E-state index in [0.717, 1.165) is 10.4 Å². The number of ether oxygens (including phenoxy) is 1. The Morgan fingerprint density at radius 2 is 2.21 bits per heavy atom. The maximum Gasteiger partial charge on any atom is 0.258 e. The molecule has 0 atom stereocenters. The monoisotopic (exact) mass is 292 g/mol. The van der Waals surface area contributed by atoms with Gasteiger partial charge in [-0.25, -0.2) is 0 Å². The summed E-state index contributed by atoms with van der Waals surface area (Å²) < 4.78 is 10.4. The van der Waals surface area contributed by atoms with Gasteiger partial charge in [-0.15, -0.1) is 11.3 Å². The quantitative estimate of drug-likeness (QED) is 0.728. The average Bonchev–Trinajstić information content (AvgIpc) is 3.09. The first-order valence-electron chi connectivity index (χ1n) is 5.49. The van der Waals surface area contributed by atoms with Gasteiger partial charge in [-0.1, -0.05) is 22.8 Å². The number of nitrogens with zero attached hydrogens (tertiary/aromatic N) is 2. The van der Waals surface area contributed by atoms with Gasteiger partial charge in [0.2, 0.25) is 5.82 Å². The van der Waals surface area contributed by atoms with E-state index in [2.05, 4.69) is 10.1 Å². The zero-order valence-corrected chi connectivity index (χ0v) is 11.5. The Labute approximate surface area is 118 Å². The third kappa shape index (κ3) is 2.34. The molecule has 6 heteroatoms. The first kappa shape index (κ1) is 12.2. The maximum absolute atomic E-state index is 6.07. The highest BCUT2D eigenvalue weighted by Crippen LogP contribution is 2.30. The van der Waals surface area contributed by atoms with E-state index in [-0.39, 0.29) is 0 Å². The van der Waals surface area contributed by atoms with Crippen LogP contribution in [-0.4, -0.2) is 17.3 Å². The normalized spacial score (nSPS) is 10.6. The van der Waals surface area contributed by atoms with Gasteiger partial charge in [-0.05, 0) is 29.6 Å². The van der Waals surface area contributed by atoms with Crippen molar-refractivity contribution < 1.29 is 9.26 Å². The second kappa shape index (κ2) is 5.03. The predicted molar refractivity (Wildman–Crippen MR) is 74.6 cm³/mol. The first-order chi connectivity index (χ1) is 9.28. The van der Waals surface area contributed by atoms with E-state index in [0.29, 0.717) is 22.5 Å². The molecular formula is C13H9ClN2O2S. The van der Waals surface area contributed by atoms with E-state index in [1.807, 2.05) is 23.6 Å². The lowest BCUT2D eigenvalue weighted by Crippen LogP contribution is -1.85. The van der Waals surface area contributed by atoms with Crippen molar-refractivity contribution in [2.24, 2.45) is 0 Å². The second-order valence-corrected chi connectivity index (χ2v) is 5.10. The van der Waals surface area contributed by atoms with E-state index >= 15 is 0 Å². The lowest BCUT2D eigenvalue weighted by atomic mass is 10.2. The zero-order chi connectivity index (χ0) is 13.2. The standard InChI is InChI=1S/C13H9ClN2O2S/c1-17-10-5-4-8(7-9(10)14)13-15-12(16-18-13)11-3-2-6-19-11/h2-7H,1H3. The third-order valence-corrected chi connectivity index (χ3v) is 3.73. The molecule has 1 aromatic carbocycles. The van der Waals surface area contributed by atoms with Crippen LogP contribution in [0.1, 0.15) is 0 Å². The van der Waals surface area contributed by atoms with E-state index in [1.165, 1.54) is 0 Å². The van der Waals surface area contributed by atoms with Gasteiger partial charge in [0.05, 0.1) is 17.0 Å². The smallest absolute Gasteiger partial charge is 0.258 e. The van der Waals surface area contributed by atoms with E-state index in [9.17, 15) is 0 Å². The predicted octanol–water partition coefficient (Wildman–Crippen LogP) is 4.13. The summed E-state index contributed by atoms with van der Waals surface area (Å²) in [5.74, 6) is 1.63. The molecular weight excluding hydrogens is 284 g/mol. The van der Waals surface area contributed by atoms with Gasteiger partial charge in [0.25, 0.3) is 5.89 Å². The van der Waals surface area contributed by atoms with Crippen molar-refractivity contribution in [2.45, 2.75) is 0 Å². The molecule has 0 aliphatic heterocycles. The molecule has 0 fully saturated rings. The number of rotatable bonds is 3. The summed E-state index contributed by atoms with van der Waals surface area (Å²) in [5, 5.41) is 6.44. The molecule has 96 valence electrons. The van der Waals surface area contributed by atoms with Crippen LogP contribution >= 0.6 is 22.9 Å². The number of halogens is 1. The number of aromatic nitrogens is 2. The molecule has 0 amide bonds. The number of benzene rings is 1. The molecule has 3 aromatic rings. The highest BCUT2D eigenvalue weighted by molar-refractivity contribution is 7.13. The topological polar surface area (TPSA) is 48.2 Å². The SMILES string of the molecule is COc1ccc(-c2nc(-c3cccs3)no2)cc1Cl. The maximum atomic E-state index is 6.07. The number of hydrogen-bond donors (Lipinski definition) is 0. The van der Waals surface area contributed by atoms with Crippen LogP contribution in [0.2, 0.25) is 5.02 Å². The Bertz CT molecular complexity index is 694. The molecule has 0 unspecified atom stereocenters. The van der Waals surface area contributed by atoms with Crippen molar-refractivity contribution >= 4 is 22.9 Å². The summed E-state index contributed by atoms with van der Waals surface area (Å²) in [4.78, 5) is 5.32. The van der Waals surface area contributed by atoms with Crippen molar-refractivity contribution in [3.63, 3.8) is 0 Å². The Balaban J connectivity index is 1.97. The van der Waals surface area contributed by atoms with Crippen LogP contribution in [0, 0.1) is 0 Å². The third-order valence-electron chi connectivity index (χ3n) is 2.57. The molecule has 3 rings (SSSR count). The minimum atomic E-state index is 0.438. The summed E-state index contributed by atoms with van der Waals surface area (Å²) >= 11 is 7.64. The van der Waals surface area contributed by atoms with Crippen LogP contribution in [0.5, 0.6) is 5.75 Å². The van der Waals surface area contributed by atoms with Crippen molar-refractivity contribution in [3.8, 4) is 27.9 Å². The summed E-state index contributed by atoms with van der Waals surface area (Å²) in [6.45, 7) is 0. The Kier molecular flexibility index (Phi) is 3.23. The van der Waals surface area contributed by atoms with Crippen LogP contribution in [0.25, 0.3) is 22.2 Å². The molecule has 0 radical (unpaired) electrons. The molecule has 19 heavy (non-hydrogen) atoms. The Morgan fingerprint density at radius 1 is 1.32 bits per heavy atom. The van der Waals surface area contributed by atoms with Gasteiger partial charge in [-0.2, -0.15) is 4.98 Å². The average molecular weight is 293 g/mol. The minimum absolute atomic E-state index is 0.438. The van der Waals surface area contributed by atoms with Crippen molar-refractivity contribution in [2.75, 3.05) is 7.11 Å². The number of methoxy groups -OCH3 is 1. The van der Waals surface area contributed by atoms with Gasteiger partial charge >= 0.3 is 0 Å². The Hall–Kier alpha value is -1.85. The molecule has 4 nitrogen and oxygen atoms in total. The van der Waals surface area contributed by atoms with Crippen LogP contribution in [0.15, 0.2) is 40.2 Å². The van der Waals surface area contributed by atoms with Crippen LogP contribution in [0.3, 0.4) is 0 Å². The fourth-order valence-corrected chi connectivity index (χ4v) is 2.55. The molecule has 0 aliphatic rings. The first-order valence-corrected chi connectivity index (χ1v) is 6.75. The fraction of sp³-hybridized carbons (Fsp3) is 0.0769. The largest absolute Gasteiger partial charge is 0.495 e. The van der Waals surface area contributed by atoms with Gasteiger partial charge < -0.3 is 9.26 Å². The van der Waals surface area contributed by atoms with Crippen LogP contribution in [0.4, 0.5) is 0 Å². The molecule has 0 N–H and O–H groups in total. The summed E-state index contributed by atoms with van der Waals surface area (Å²) in [6.07, 6.45) is 0. The van der Waals surface area contributed by atoms with E-state index in [4.69, 9.17) is 20.9 Å². The molecule has 2 heterocycles. The fourth-order valence-electron chi connectivity index (χ4n) is 1.65. The molecule has 2 aromatic heterocycles.